The van der Waals surface area contributed by atoms with Gasteiger partial charge in [0.1, 0.15) is 0 Å². The normalized spacial score (nSPS) is 29.1. The minimum Gasteiger partial charge on any atom is -0.286 e. The topological polar surface area (TPSA) is 9.72 Å². The van der Waals surface area contributed by atoms with Crippen molar-refractivity contribution in [3.63, 3.8) is 0 Å². The standard InChI is InChI=1S/C16H33N3/c1-15(2,3)18-10-7-8-14-9-11-19(16(4,5)6)13-17(14)12-18/h14H,7-13H2,1-6H3. The van der Waals surface area contributed by atoms with E-state index in [-0.39, 0.29) is 0 Å². The zero-order valence-electron chi connectivity index (χ0n) is 13.9. The van der Waals surface area contributed by atoms with Crippen LogP contribution in [0, 0.1) is 0 Å². The third-order valence-corrected chi connectivity index (χ3v) is 4.82. The number of rotatable bonds is 0. The van der Waals surface area contributed by atoms with Crippen LogP contribution in [0.15, 0.2) is 0 Å². The molecule has 112 valence electrons. The smallest absolute Gasteiger partial charge is 0.0525 e. The molecule has 0 aromatic carbocycles. The average molecular weight is 267 g/mol. The highest BCUT2D eigenvalue weighted by Crippen LogP contribution is 2.28. The van der Waals surface area contributed by atoms with E-state index in [9.17, 15) is 0 Å². The summed E-state index contributed by atoms with van der Waals surface area (Å²) in [5.74, 6) is 0. The van der Waals surface area contributed by atoms with Gasteiger partial charge in [-0.15, -0.1) is 0 Å². The highest BCUT2D eigenvalue weighted by atomic mass is 15.4. The van der Waals surface area contributed by atoms with Crippen molar-refractivity contribution in [2.24, 2.45) is 0 Å². The zero-order valence-corrected chi connectivity index (χ0v) is 13.9. The van der Waals surface area contributed by atoms with Crippen molar-refractivity contribution >= 4 is 0 Å². The molecular formula is C16H33N3. The molecule has 2 aliphatic rings. The van der Waals surface area contributed by atoms with Gasteiger partial charge in [-0.3, -0.25) is 14.7 Å². The molecule has 2 heterocycles. The summed E-state index contributed by atoms with van der Waals surface area (Å²) in [6.07, 6.45) is 4.08. The molecule has 0 bridgehead atoms. The lowest BCUT2D eigenvalue weighted by Crippen LogP contribution is -2.58. The second-order valence-electron chi connectivity index (χ2n) is 8.32. The molecule has 2 saturated heterocycles. The van der Waals surface area contributed by atoms with Crippen molar-refractivity contribution in [1.82, 2.24) is 14.7 Å². The lowest BCUT2D eigenvalue weighted by molar-refractivity contribution is -0.0433. The molecule has 0 aromatic heterocycles. The van der Waals surface area contributed by atoms with Crippen LogP contribution < -0.4 is 0 Å². The summed E-state index contributed by atoms with van der Waals surface area (Å²) < 4.78 is 0. The number of hydrogen-bond donors (Lipinski definition) is 0. The molecule has 2 aliphatic heterocycles. The molecule has 0 aliphatic carbocycles. The summed E-state index contributed by atoms with van der Waals surface area (Å²) in [6, 6.07) is 0.811. The van der Waals surface area contributed by atoms with Gasteiger partial charge in [-0.1, -0.05) is 0 Å². The molecule has 2 rings (SSSR count). The van der Waals surface area contributed by atoms with E-state index >= 15 is 0 Å². The lowest BCUT2D eigenvalue weighted by Gasteiger charge is -2.48. The van der Waals surface area contributed by atoms with E-state index in [1.165, 1.54) is 32.4 Å². The Labute approximate surface area is 119 Å². The molecule has 3 nitrogen and oxygen atoms in total. The van der Waals surface area contributed by atoms with E-state index in [0.717, 1.165) is 19.4 Å². The molecule has 0 amide bonds. The first-order chi connectivity index (χ1) is 8.68. The number of fused-ring (bicyclic) bond motifs is 1. The van der Waals surface area contributed by atoms with Crippen molar-refractivity contribution in [3.8, 4) is 0 Å². The van der Waals surface area contributed by atoms with Crippen molar-refractivity contribution in [2.75, 3.05) is 26.4 Å². The second-order valence-corrected chi connectivity index (χ2v) is 8.32. The minimum atomic E-state index is 0.291. The summed E-state index contributed by atoms with van der Waals surface area (Å²) in [5, 5.41) is 0. The van der Waals surface area contributed by atoms with Gasteiger partial charge < -0.3 is 0 Å². The first-order valence-electron chi connectivity index (χ1n) is 7.92. The predicted molar refractivity (Wildman–Crippen MR) is 82.1 cm³/mol. The Morgan fingerprint density at radius 3 is 1.79 bits per heavy atom. The van der Waals surface area contributed by atoms with Gasteiger partial charge in [-0.05, 0) is 67.3 Å². The predicted octanol–water partition coefficient (Wildman–Crippen LogP) is 2.97. The largest absolute Gasteiger partial charge is 0.286 e. The fourth-order valence-corrected chi connectivity index (χ4v) is 3.28. The van der Waals surface area contributed by atoms with Gasteiger partial charge in [0.2, 0.25) is 0 Å². The second kappa shape index (κ2) is 5.34. The van der Waals surface area contributed by atoms with Gasteiger partial charge >= 0.3 is 0 Å². The van der Waals surface area contributed by atoms with Crippen LogP contribution in [0.5, 0.6) is 0 Å². The van der Waals surface area contributed by atoms with E-state index in [4.69, 9.17) is 0 Å². The molecule has 0 aromatic rings. The third-order valence-electron chi connectivity index (χ3n) is 4.82. The van der Waals surface area contributed by atoms with Crippen molar-refractivity contribution < 1.29 is 0 Å². The van der Waals surface area contributed by atoms with Crippen molar-refractivity contribution in [3.05, 3.63) is 0 Å². The Morgan fingerprint density at radius 2 is 1.26 bits per heavy atom. The zero-order chi connectivity index (χ0) is 14.3. The van der Waals surface area contributed by atoms with E-state index in [2.05, 4.69) is 56.2 Å². The van der Waals surface area contributed by atoms with Crippen LogP contribution in [-0.4, -0.2) is 58.2 Å². The van der Waals surface area contributed by atoms with E-state index < -0.39 is 0 Å². The molecule has 0 spiro atoms. The quantitative estimate of drug-likeness (QED) is 0.668. The van der Waals surface area contributed by atoms with E-state index in [0.29, 0.717) is 11.1 Å². The summed E-state index contributed by atoms with van der Waals surface area (Å²) >= 11 is 0. The molecule has 19 heavy (non-hydrogen) atoms. The van der Waals surface area contributed by atoms with Crippen LogP contribution in [-0.2, 0) is 0 Å². The van der Waals surface area contributed by atoms with Crippen LogP contribution in [0.3, 0.4) is 0 Å². The van der Waals surface area contributed by atoms with Crippen LogP contribution in [0.4, 0.5) is 0 Å². The molecule has 0 N–H and O–H groups in total. The maximum Gasteiger partial charge on any atom is 0.0525 e. The summed E-state index contributed by atoms with van der Waals surface area (Å²) in [5.41, 5.74) is 0.586. The molecule has 0 radical (unpaired) electrons. The first-order valence-corrected chi connectivity index (χ1v) is 7.92. The number of nitrogens with zero attached hydrogens (tertiary/aromatic N) is 3. The minimum absolute atomic E-state index is 0.291. The summed E-state index contributed by atoms with van der Waals surface area (Å²) in [4.78, 5) is 8.00. The van der Waals surface area contributed by atoms with Gasteiger partial charge in [-0.25, -0.2) is 0 Å². The highest BCUT2D eigenvalue weighted by Gasteiger charge is 2.35. The summed E-state index contributed by atoms with van der Waals surface area (Å²) in [7, 11) is 0. The summed E-state index contributed by atoms with van der Waals surface area (Å²) in [6.45, 7) is 18.9. The molecule has 2 fully saturated rings. The van der Waals surface area contributed by atoms with Crippen LogP contribution in [0.1, 0.15) is 60.8 Å². The van der Waals surface area contributed by atoms with Gasteiger partial charge in [0, 0.05) is 23.7 Å². The Balaban J connectivity index is 2.06. The monoisotopic (exact) mass is 267 g/mol. The van der Waals surface area contributed by atoms with Crippen molar-refractivity contribution in [2.45, 2.75) is 77.9 Å². The number of hydrogen-bond acceptors (Lipinski definition) is 3. The maximum absolute atomic E-state index is 2.72. The molecule has 3 heteroatoms. The van der Waals surface area contributed by atoms with Crippen LogP contribution >= 0.6 is 0 Å². The highest BCUT2D eigenvalue weighted by molar-refractivity contribution is 4.89. The van der Waals surface area contributed by atoms with Crippen LogP contribution in [0.25, 0.3) is 0 Å². The SMILES string of the molecule is CC(C)(C)N1CCCC2CCN(C(C)(C)C)CN2C1. The molecule has 0 saturated carbocycles. The van der Waals surface area contributed by atoms with Gasteiger partial charge in [0.05, 0.1) is 13.3 Å². The fraction of sp³-hybridized carbons (Fsp3) is 1.00. The van der Waals surface area contributed by atoms with Crippen molar-refractivity contribution in [1.29, 1.82) is 0 Å². The lowest BCUT2D eigenvalue weighted by atomic mass is 10.00. The maximum atomic E-state index is 2.72. The van der Waals surface area contributed by atoms with Gasteiger partial charge in [0.15, 0.2) is 0 Å². The third kappa shape index (κ3) is 3.71. The Bertz CT molecular complexity index is 300. The van der Waals surface area contributed by atoms with Gasteiger partial charge in [0.25, 0.3) is 0 Å². The van der Waals surface area contributed by atoms with Gasteiger partial charge in [-0.2, -0.15) is 0 Å². The first kappa shape index (κ1) is 15.3. The van der Waals surface area contributed by atoms with E-state index in [1.807, 2.05) is 0 Å². The average Bonchev–Trinajstić information content (AvgIpc) is 2.47. The molecular weight excluding hydrogens is 234 g/mol. The molecule has 1 atom stereocenters. The Kier molecular flexibility index (Phi) is 4.29. The van der Waals surface area contributed by atoms with E-state index in [1.54, 1.807) is 0 Å². The Hall–Kier alpha value is -0.120. The molecule has 1 unspecified atom stereocenters. The van der Waals surface area contributed by atoms with Crippen LogP contribution in [0.2, 0.25) is 0 Å². The fourth-order valence-electron chi connectivity index (χ4n) is 3.28. The Morgan fingerprint density at radius 1 is 0.737 bits per heavy atom.